The zero-order valence-corrected chi connectivity index (χ0v) is 11.4. The Labute approximate surface area is 114 Å². The van der Waals surface area contributed by atoms with Gasteiger partial charge in [-0.1, -0.05) is 17.7 Å². The van der Waals surface area contributed by atoms with Crippen molar-refractivity contribution in [1.29, 1.82) is 0 Å². The van der Waals surface area contributed by atoms with E-state index in [2.05, 4.69) is 24.4 Å². The van der Waals surface area contributed by atoms with E-state index in [1.54, 1.807) is 0 Å². The van der Waals surface area contributed by atoms with Gasteiger partial charge in [0, 0.05) is 30.9 Å². The Morgan fingerprint density at radius 1 is 1.32 bits per heavy atom. The predicted octanol–water partition coefficient (Wildman–Crippen LogP) is 2.84. The highest BCUT2D eigenvalue weighted by atomic mass is 16.2. The Kier molecular flexibility index (Phi) is 3.28. The molecule has 0 aromatic heterocycles. The maximum absolute atomic E-state index is 12.6. The molecule has 0 aliphatic carbocycles. The Bertz CT molecular complexity index is 534. The average Bonchev–Trinajstić information content (AvgIpc) is 2.47. The molecule has 1 N–H and O–H groups in total. The van der Waals surface area contributed by atoms with Crippen LogP contribution in [0.25, 0.3) is 0 Å². The van der Waals surface area contributed by atoms with E-state index in [4.69, 9.17) is 0 Å². The largest absolute Gasteiger partial charge is 0.385 e. The molecule has 19 heavy (non-hydrogen) atoms. The molecule has 1 aromatic rings. The van der Waals surface area contributed by atoms with Crippen LogP contribution < -0.4 is 5.32 Å². The lowest BCUT2D eigenvalue weighted by Crippen LogP contribution is -2.35. The van der Waals surface area contributed by atoms with Crippen molar-refractivity contribution in [3.8, 4) is 0 Å². The van der Waals surface area contributed by atoms with Crippen LogP contribution in [-0.4, -0.2) is 30.4 Å². The molecule has 3 heteroatoms. The fourth-order valence-electron chi connectivity index (χ4n) is 2.84. The molecule has 0 unspecified atom stereocenters. The van der Waals surface area contributed by atoms with Gasteiger partial charge >= 0.3 is 0 Å². The second-order valence-corrected chi connectivity index (χ2v) is 5.41. The van der Waals surface area contributed by atoms with E-state index in [1.807, 2.05) is 17.0 Å². The number of hydrogen-bond donors (Lipinski definition) is 1. The summed E-state index contributed by atoms with van der Waals surface area (Å²) in [7, 11) is 0. The van der Waals surface area contributed by atoms with Crippen molar-refractivity contribution >= 4 is 11.6 Å². The molecule has 1 amide bonds. The summed E-state index contributed by atoms with van der Waals surface area (Å²) in [4.78, 5) is 14.6. The molecule has 2 aliphatic rings. The van der Waals surface area contributed by atoms with Gasteiger partial charge in [0.05, 0.1) is 0 Å². The van der Waals surface area contributed by atoms with Gasteiger partial charge < -0.3 is 10.2 Å². The Morgan fingerprint density at radius 3 is 3.00 bits per heavy atom. The molecule has 0 spiro atoms. The number of rotatable bonds is 1. The Balaban J connectivity index is 1.88. The van der Waals surface area contributed by atoms with Crippen LogP contribution in [0.5, 0.6) is 0 Å². The van der Waals surface area contributed by atoms with E-state index < -0.39 is 0 Å². The third-order valence-corrected chi connectivity index (χ3v) is 4.05. The molecule has 0 radical (unpaired) electrons. The van der Waals surface area contributed by atoms with Crippen molar-refractivity contribution in [2.75, 3.05) is 25.0 Å². The molecular formula is C16H20N2O. The summed E-state index contributed by atoms with van der Waals surface area (Å²) in [6, 6.07) is 6.03. The van der Waals surface area contributed by atoms with Crippen LogP contribution in [0.1, 0.15) is 35.7 Å². The molecule has 3 nitrogen and oxygen atoms in total. The molecule has 2 heterocycles. The number of amides is 1. The Hall–Kier alpha value is -1.77. The molecule has 0 saturated carbocycles. The van der Waals surface area contributed by atoms with Gasteiger partial charge in [-0.25, -0.2) is 0 Å². The molecule has 0 saturated heterocycles. The zero-order valence-electron chi connectivity index (χ0n) is 11.4. The highest BCUT2D eigenvalue weighted by Gasteiger charge is 2.22. The van der Waals surface area contributed by atoms with E-state index in [-0.39, 0.29) is 5.91 Å². The summed E-state index contributed by atoms with van der Waals surface area (Å²) < 4.78 is 0. The minimum atomic E-state index is 0.185. The van der Waals surface area contributed by atoms with Crippen molar-refractivity contribution in [2.45, 2.75) is 26.2 Å². The van der Waals surface area contributed by atoms with E-state index in [9.17, 15) is 4.79 Å². The number of benzene rings is 1. The lowest BCUT2D eigenvalue weighted by atomic mass is 9.96. The second-order valence-electron chi connectivity index (χ2n) is 5.41. The molecule has 2 aliphatic heterocycles. The monoisotopic (exact) mass is 256 g/mol. The second kappa shape index (κ2) is 5.08. The van der Waals surface area contributed by atoms with Gasteiger partial charge in [-0.05, 0) is 43.9 Å². The third-order valence-electron chi connectivity index (χ3n) is 4.05. The summed E-state index contributed by atoms with van der Waals surface area (Å²) in [6.45, 7) is 4.74. The van der Waals surface area contributed by atoms with E-state index in [1.165, 1.54) is 11.1 Å². The van der Waals surface area contributed by atoms with Crippen molar-refractivity contribution in [3.63, 3.8) is 0 Å². The fraction of sp³-hybridized carbons (Fsp3) is 0.438. The lowest BCUT2D eigenvalue weighted by Gasteiger charge is -2.28. The van der Waals surface area contributed by atoms with Crippen molar-refractivity contribution in [1.82, 2.24) is 4.90 Å². The van der Waals surface area contributed by atoms with Crippen LogP contribution in [-0.2, 0) is 6.42 Å². The maximum Gasteiger partial charge on any atom is 0.254 e. The molecule has 3 rings (SSSR count). The van der Waals surface area contributed by atoms with E-state index in [0.717, 1.165) is 50.1 Å². The van der Waals surface area contributed by atoms with E-state index >= 15 is 0 Å². The first-order valence-corrected chi connectivity index (χ1v) is 7.06. The number of fused-ring (bicyclic) bond motifs is 1. The zero-order chi connectivity index (χ0) is 13.2. The van der Waals surface area contributed by atoms with Gasteiger partial charge in [0.1, 0.15) is 0 Å². The quantitative estimate of drug-likeness (QED) is 0.784. The Morgan fingerprint density at radius 2 is 2.21 bits per heavy atom. The average molecular weight is 256 g/mol. The minimum absolute atomic E-state index is 0.185. The topological polar surface area (TPSA) is 32.3 Å². The van der Waals surface area contributed by atoms with Crippen LogP contribution in [0.3, 0.4) is 0 Å². The van der Waals surface area contributed by atoms with E-state index in [0.29, 0.717) is 0 Å². The molecule has 0 bridgehead atoms. The summed E-state index contributed by atoms with van der Waals surface area (Å²) in [5.74, 6) is 0.185. The highest BCUT2D eigenvalue weighted by Crippen LogP contribution is 2.26. The molecule has 0 atom stereocenters. The molecular weight excluding hydrogens is 236 g/mol. The van der Waals surface area contributed by atoms with Crippen molar-refractivity contribution in [3.05, 3.63) is 41.0 Å². The van der Waals surface area contributed by atoms with Gasteiger partial charge in [0.15, 0.2) is 0 Å². The van der Waals surface area contributed by atoms with Gasteiger partial charge in [0.25, 0.3) is 5.91 Å². The van der Waals surface area contributed by atoms with Crippen LogP contribution in [0.4, 0.5) is 5.69 Å². The normalized spacial score (nSPS) is 18.4. The summed E-state index contributed by atoms with van der Waals surface area (Å²) in [6.07, 6.45) is 5.28. The smallest absolute Gasteiger partial charge is 0.254 e. The van der Waals surface area contributed by atoms with Crippen molar-refractivity contribution < 1.29 is 4.79 Å². The molecule has 0 fully saturated rings. The van der Waals surface area contributed by atoms with Crippen LogP contribution in [0.2, 0.25) is 0 Å². The lowest BCUT2D eigenvalue weighted by molar-refractivity contribution is 0.0768. The first-order chi connectivity index (χ1) is 9.25. The highest BCUT2D eigenvalue weighted by molar-refractivity contribution is 5.97. The third kappa shape index (κ3) is 2.37. The summed E-state index contributed by atoms with van der Waals surface area (Å²) >= 11 is 0. The first kappa shape index (κ1) is 12.3. The summed E-state index contributed by atoms with van der Waals surface area (Å²) in [5.41, 5.74) is 4.62. The van der Waals surface area contributed by atoms with Gasteiger partial charge in [-0.3, -0.25) is 4.79 Å². The number of hydrogen-bond acceptors (Lipinski definition) is 2. The number of carbonyl (C=O) groups excluding carboxylic acids is 1. The molecule has 1 aromatic carbocycles. The first-order valence-electron chi connectivity index (χ1n) is 7.06. The van der Waals surface area contributed by atoms with Gasteiger partial charge in [-0.15, -0.1) is 0 Å². The van der Waals surface area contributed by atoms with Crippen LogP contribution in [0.15, 0.2) is 29.8 Å². The maximum atomic E-state index is 12.6. The number of nitrogens with zero attached hydrogens (tertiary/aromatic N) is 1. The molecule has 100 valence electrons. The van der Waals surface area contributed by atoms with Gasteiger partial charge in [-0.2, -0.15) is 0 Å². The van der Waals surface area contributed by atoms with Crippen LogP contribution >= 0.6 is 0 Å². The number of carbonyl (C=O) groups is 1. The van der Waals surface area contributed by atoms with Gasteiger partial charge in [0.2, 0.25) is 0 Å². The predicted molar refractivity (Wildman–Crippen MR) is 77.5 cm³/mol. The fourth-order valence-corrected chi connectivity index (χ4v) is 2.84. The van der Waals surface area contributed by atoms with Crippen molar-refractivity contribution in [2.24, 2.45) is 0 Å². The minimum Gasteiger partial charge on any atom is -0.385 e. The summed E-state index contributed by atoms with van der Waals surface area (Å²) in [5, 5.41) is 3.39. The number of anilines is 1. The number of nitrogens with one attached hydrogen (secondary N) is 1. The standard InChI is InChI=1S/C16H20N2O/c1-12-7-10-18(11-8-12)16(19)14-4-2-6-15-13(14)5-3-9-17-15/h2,4,6-7,17H,3,5,8-11H2,1H3. The van der Waals surface area contributed by atoms with Crippen LogP contribution in [0, 0.1) is 0 Å². The SMILES string of the molecule is CC1=CCN(C(=O)c2cccc3c2CCCN3)CC1.